The van der Waals surface area contributed by atoms with E-state index >= 15 is 0 Å². The van der Waals surface area contributed by atoms with Crippen LogP contribution in [-0.2, 0) is 42.2 Å². The first-order valence-corrected chi connectivity index (χ1v) is 13.0. The van der Waals surface area contributed by atoms with E-state index in [1.165, 1.54) is 84.9 Å². The summed E-state index contributed by atoms with van der Waals surface area (Å²) in [5.41, 5.74) is 0. The molecule has 3 fully saturated rings. The number of hydrogen-bond donors (Lipinski definition) is 0. The minimum absolute atomic E-state index is 0. The van der Waals surface area contributed by atoms with Crippen LogP contribution < -0.4 is 0 Å². The van der Waals surface area contributed by atoms with E-state index in [0.717, 1.165) is 32.5 Å². The molecule has 2 aliphatic carbocycles. The molecule has 0 amide bonds. The van der Waals surface area contributed by atoms with Gasteiger partial charge in [-0.25, -0.2) is 0 Å². The van der Waals surface area contributed by atoms with Crippen LogP contribution in [0.2, 0.25) is 0 Å². The van der Waals surface area contributed by atoms with Gasteiger partial charge in [0.15, 0.2) is 6.29 Å². The van der Waals surface area contributed by atoms with Gasteiger partial charge in [-0.3, -0.25) is 0 Å². The molecule has 34 heavy (non-hydrogen) atoms. The average molecular weight is 545 g/mol. The van der Waals surface area contributed by atoms with Gasteiger partial charge in [0, 0.05) is 45.9 Å². The number of ether oxygens (including phenoxy) is 2. The van der Waals surface area contributed by atoms with Crippen LogP contribution in [0.15, 0.2) is 0 Å². The minimum Gasteiger partial charge on any atom is -0.353 e. The monoisotopic (exact) mass is 544 g/mol. The van der Waals surface area contributed by atoms with Gasteiger partial charge in [-0.05, 0) is 84.9 Å². The fourth-order valence-corrected chi connectivity index (χ4v) is 4.33. The van der Waals surface area contributed by atoms with E-state index in [0.29, 0.717) is 0 Å². The van der Waals surface area contributed by atoms with Gasteiger partial charge in [-0.15, -0.1) is 0 Å². The van der Waals surface area contributed by atoms with Crippen LogP contribution in [0, 0.1) is 66.1 Å². The summed E-state index contributed by atoms with van der Waals surface area (Å²) in [5.74, 6) is 14.7. The van der Waals surface area contributed by atoms with Crippen molar-refractivity contribution in [3.63, 3.8) is 0 Å². The Kier molecular flexibility index (Phi) is 18.9. The zero-order chi connectivity index (χ0) is 25.1. The summed E-state index contributed by atoms with van der Waals surface area (Å²) in [6, 6.07) is 0. The molecule has 1 saturated heterocycles. The van der Waals surface area contributed by atoms with Gasteiger partial charge in [0.2, 0.25) is 0 Å². The predicted molar refractivity (Wildman–Crippen MR) is 143 cm³/mol. The first-order chi connectivity index (χ1) is 15.5. The third-order valence-electron chi connectivity index (χ3n) is 7.96. The molecule has 0 bridgehead atoms. The first kappa shape index (κ1) is 35.0. The van der Waals surface area contributed by atoms with Gasteiger partial charge in [0.05, 0.1) is 0 Å². The van der Waals surface area contributed by atoms with Gasteiger partial charge < -0.3 is 16.4 Å². The van der Waals surface area contributed by atoms with Crippen molar-refractivity contribution >= 4 is 0 Å². The fraction of sp³-hybridized carbons (Fsp3) is 0.645. The van der Waals surface area contributed by atoms with E-state index in [1.807, 2.05) is 0 Å². The Morgan fingerprint density at radius 3 is 1.29 bits per heavy atom. The summed E-state index contributed by atoms with van der Waals surface area (Å²) in [4.78, 5) is 0. The van der Waals surface area contributed by atoms with Crippen LogP contribution in [0.25, 0.3) is 0 Å². The molecule has 1 aliphatic heterocycles. The van der Waals surface area contributed by atoms with Crippen LogP contribution in [-0.4, -0.2) is 19.5 Å². The molecule has 1 atom stereocenters. The largest absolute Gasteiger partial charge is 0.353 e. The second-order valence-corrected chi connectivity index (χ2v) is 9.83. The number of hydrogen-bond acceptors (Lipinski definition) is 2. The molecule has 0 spiro atoms. The van der Waals surface area contributed by atoms with Crippen molar-refractivity contribution in [1.82, 2.24) is 0 Å². The molecule has 191 valence electrons. The van der Waals surface area contributed by atoms with Crippen molar-refractivity contribution in [3.8, 4) is 0 Å². The first-order valence-electron chi connectivity index (χ1n) is 13.0. The van der Waals surface area contributed by atoms with Gasteiger partial charge in [0.1, 0.15) is 0 Å². The Hall–Kier alpha value is 1.02. The summed E-state index contributed by atoms with van der Waals surface area (Å²) >= 11 is 0. The standard InChI is InChI=1S/C11H21O2.2C10H15.Y/c1-2-3-4-6-9-12-11-8-5-7-10-13-11;2*1-6-7(2)9(4)10(5)8(6)3;/h11H,1-10H2;2*1-5H3;/q-1;;;. The molecule has 3 heteroatoms. The van der Waals surface area contributed by atoms with Gasteiger partial charge in [0.25, 0.3) is 0 Å². The Morgan fingerprint density at radius 2 is 1.00 bits per heavy atom. The van der Waals surface area contributed by atoms with E-state index in [2.05, 4.69) is 76.2 Å². The molecule has 0 aromatic carbocycles. The summed E-state index contributed by atoms with van der Waals surface area (Å²) in [7, 11) is 0. The molecule has 3 rings (SSSR count). The van der Waals surface area contributed by atoms with Crippen LogP contribution in [0.1, 0.15) is 114 Å². The normalized spacial score (nSPS) is 25.7. The van der Waals surface area contributed by atoms with Crippen molar-refractivity contribution in [3.05, 3.63) is 66.1 Å². The topological polar surface area (TPSA) is 18.5 Å². The summed E-state index contributed by atoms with van der Waals surface area (Å²) in [5, 5.41) is 0. The van der Waals surface area contributed by atoms with Crippen LogP contribution in [0.3, 0.4) is 0 Å². The van der Waals surface area contributed by atoms with Crippen molar-refractivity contribution in [1.29, 1.82) is 0 Å². The SMILES string of the molecule is C[C]1[C](C)[C](C)[C](C)[C]1C.C[C]1[C](C)[C](C)[C](C)[C]1C.[CH2-]CCCCCOC1CCCCO1.[Y]. The van der Waals surface area contributed by atoms with E-state index in [1.54, 1.807) is 0 Å². The molecule has 0 aromatic heterocycles. The maximum absolute atomic E-state index is 5.59. The van der Waals surface area contributed by atoms with E-state index in [9.17, 15) is 0 Å². The van der Waals surface area contributed by atoms with Crippen molar-refractivity contribution < 1.29 is 42.2 Å². The molecule has 1 heterocycles. The zero-order valence-corrected chi connectivity index (χ0v) is 26.9. The molecule has 2 saturated carbocycles. The Morgan fingerprint density at radius 1 is 0.618 bits per heavy atom. The molecule has 0 N–H and O–H groups in total. The molecular weight excluding hydrogens is 493 g/mol. The van der Waals surface area contributed by atoms with E-state index in [4.69, 9.17) is 9.47 Å². The second kappa shape index (κ2) is 18.3. The Balaban J connectivity index is 0.000000479. The van der Waals surface area contributed by atoms with Gasteiger partial charge in [-0.2, -0.15) is 6.42 Å². The maximum Gasteiger partial charge on any atom is 0.157 e. The van der Waals surface area contributed by atoms with Crippen LogP contribution in [0.4, 0.5) is 0 Å². The Bertz CT molecular complexity index is 372. The van der Waals surface area contributed by atoms with Crippen molar-refractivity contribution in [2.75, 3.05) is 13.2 Å². The maximum atomic E-state index is 5.59. The van der Waals surface area contributed by atoms with Crippen molar-refractivity contribution in [2.45, 2.75) is 120 Å². The average Bonchev–Trinajstić information content (AvgIpc) is 3.10. The van der Waals surface area contributed by atoms with Gasteiger partial charge >= 0.3 is 0 Å². The third kappa shape index (κ3) is 10.8. The quantitative estimate of drug-likeness (QED) is 0.246. The third-order valence-corrected chi connectivity index (χ3v) is 7.96. The van der Waals surface area contributed by atoms with Crippen molar-refractivity contribution in [2.24, 2.45) is 0 Å². The molecule has 0 aromatic rings. The van der Waals surface area contributed by atoms with Crippen LogP contribution in [0.5, 0.6) is 0 Å². The molecule has 3 aliphatic rings. The molecule has 1 unspecified atom stereocenters. The smallest absolute Gasteiger partial charge is 0.157 e. The predicted octanol–water partition coefficient (Wildman–Crippen LogP) is 8.87. The fourth-order valence-electron chi connectivity index (χ4n) is 4.33. The molecular formula is C31H51O2Y-. The van der Waals surface area contributed by atoms with Crippen LogP contribution >= 0.6 is 0 Å². The molecule has 11 radical (unpaired) electrons. The Labute approximate surface area is 240 Å². The number of unbranched alkanes of at least 4 members (excludes halogenated alkanes) is 3. The minimum atomic E-state index is 0. The zero-order valence-electron chi connectivity index (χ0n) is 24.0. The summed E-state index contributed by atoms with van der Waals surface area (Å²) in [6.45, 7) is 27.5. The molecule has 2 nitrogen and oxygen atoms in total. The summed E-state index contributed by atoms with van der Waals surface area (Å²) < 4.78 is 11.0. The second-order valence-electron chi connectivity index (χ2n) is 9.83. The van der Waals surface area contributed by atoms with E-state index < -0.39 is 0 Å². The summed E-state index contributed by atoms with van der Waals surface area (Å²) in [6.07, 6.45) is 8.26. The van der Waals surface area contributed by atoms with Gasteiger partial charge in [-0.1, -0.05) is 82.1 Å². The van der Waals surface area contributed by atoms with E-state index in [-0.39, 0.29) is 39.0 Å². The number of rotatable bonds is 6.